The molecule has 1 saturated heterocycles. The molecule has 2 atom stereocenters. The Kier molecular flexibility index (Phi) is 4.85. The predicted molar refractivity (Wildman–Crippen MR) is 57.1 cm³/mol. The lowest BCUT2D eigenvalue weighted by atomic mass is 9.87. The van der Waals surface area contributed by atoms with Gasteiger partial charge in [-0.3, -0.25) is 0 Å². The summed E-state index contributed by atoms with van der Waals surface area (Å²) in [4.78, 5) is 0. The standard InChI is InChI=1S/C11H23NO2/c1-3-4-7-11(13,14-2)10-6-5-8-12-9-10/h10,12-13H,3-9H2,1-2H3/t10-,11+/m1/s1. The Bertz CT molecular complexity index is 157. The average molecular weight is 201 g/mol. The van der Waals surface area contributed by atoms with Crippen LogP contribution in [0.25, 0.3) is 0 Å². The molecule has 2 N–H and O–H groups in total. The van der Waals surface area contributed by atoms with E-state index in [1.165, 1.54) is 0 Å². The van der Waals surface area contributed by atoms with Crippen LogP contribution in [0.1, 0.15) is 39.0 Å². The van der Waals surface area contributed by atoms with Crippen LogP contribution in [0.3, 0.4) is 0 Å². The Hall–Kier alpha value is -0.120. The zero-order valence-corrected chi connectivity index (χ0v) is 9.38. The summed E-state index contributed by atoms with van der Waals surface area (Å²) in [6.07, 6.45) is 5.10. The summed E-state index contributed by atoms with van der Waals surface area (Å²) in [5, 5.41) is 13.6. The summed E-state index contributed by atoms with van der Waals surface area (Å²) >= 11 is 0. The van der Waals surface area contributed by atoms with Crippen molar-refractivity contribution in [3.63, 3.8) is 0 Å². The fourth-order valence-electron chi connectivity index (χ4n) is 2.14. The lowest BCUT2D eigenvalue weighted by Crippen LogP contribution is -2.47. The molecule has 0 aliphatic carbocycles. The van der Waals surface area contributed by atoms with Crippen LogP contribution < -0.4 is 5.32 Å². The van der Waals surface area contributed by atoms with Crippen molar-refractivity contribution in [2.45, 2.75) is 44.8 Å². The van der Waals surface area contributed by atoms with Crippen molar-refractivity contribution in [1.29, 1.82) is 0 Å². The zero-order chi connectivity index (χ0) is 10.4. The van der Waals surface area contributed by atoms with Gasteiger partial charge in [0, 0.05) is 26.0 Å². The van der Waals surface area contributed by atoms with Crippen molar-refractivity contribution >= 4 is 0 Å². The molecule has 0 aromatic carbocycles. The highest BCUT2D eigenvalue weighted by Crippen LogP contribution is 2.29. The van der Waals surface area contributed by atoms with Gasteiger partial charge in [0.1, 0.15) is 0 Å². The van der Waals surface area contributed by atoms with Crippen LogP contribution in [0.15, 0.2) is 0 Å². The van der Waals surface area contributed by atoms with E-state index in [1.807, 2.05) is 0 Å². The van der Waals surface area contributed by atoms with E-state index in [0.29, 0.717) is 0 Å². The molecule has 1 aliphatic rings. The lowest BCUT2D eigenvalue weighted by molar-refractivity contribution is -0.228. The maximum absolute atomic E-state index is 10.3. The summed E-state index contributed by atoms with van der Waals surface area (Å²) in [5.74, 6) is -0.642. The first-order valence-corrected chi connectivity index (χ1v) is 5.71. The molecule has 0 aromatic heterocycles. The number of methoxy groups -OCH3 is 1. The van der Waals surface area contributed by atoms with Crippen LogP contribution in [0.2, 0.25) is 0 Å². The molecule has 84 valence electrons. The third-order valence-electron chi connectivity index (χ3n) is 3.18. The van der Waals surface area contributed by atoms with Crippen LogP contribution >= 0.6 is 0 Å². The smallest absolute Gasteiger partial charge is 0.169 e. The molecule has 1 aliphatic heterocycles. The van der Waals surface area contributed by atoms with Crippen molar-refractivity contribution in [2.24, 2.45) is 5.92 Å². The molecular weight excluding hydrogens is 178 g/mol. The molecule has 0 bridgehead atoms. The highest BCUT2D eigenvalue weighted by molar-refractivity contribution is 4.82. The van der Waals surface area contributed by atoms with Crippen LogP contribution in [-0.4, -0.2) is 31.1 Å². The SMILES string of the molecule is CCCC[C@](O)(OC)[C@@H]1CCCNC1. The van der Waals surface area contributed by atoms with Gasteiger partial charge in [0.25, 0.3) is 0 Å². The van der Waals surface area contributed by atoms with E-state index in [9.17, 15) is 5.11 Å². The largest absolute Gasteiger partial charge is 0.365 e. The minimum atomic E-state index is -0.899. The van der Waals surface area contributed by atoms with Gasteiger partial charge in [0.15, 0.2) is 5.79 Å². The van der Waals surface area contributed by atoms with Crippen molar-refractivity contribution in [1.82, 2.24) is 5.32 Å². The van der Waals surface area contributed by atoms with E-state index in [1.54, 1.807) is 7.11 Å². The average Bonchev–Trinajstić information content (AvgIpc) is 2.27. The summed E-state index contributed by atoms with van der Waals surface area (Å²) in [6.45, 7) is 4.09. The molecule has 0 spiro atoms. The van der Waals surface area contributed by atoms with Gasteiger partial charge in [-0.1, -0.05) is 13.3 Å². The molecular formula is C11H23NO2. The second-order valence-corrected chi connectivity index (χ2v) is 4.20. The summed E-state index contributed by atoms with van der Waals surface area (Å²) < 4.78 is 5.29. The van der Waals surface area contributed by atoms with Crippen molar-refractivity contribution in [3.8, 4) is 0 Å². The molecule has 0 unspecified atom stereocenters. The summed E-state index contributed by atoms with van der Waals surface area (Å²) in [5.41, 5.74) is 0. The molecule has 1 heterocycles. The number of aliphatic hydroxyl groups is 1. The molecule has 3 nitrogen and oxygen atoms in total. The third-order valence-corrected chi connectivity index (χ3v) is 3.18. The van der Waals surface area contributed by atoms with Crippen LogP contribution in [0.5, 0.6) is 0 Å². The summed E-state index contributed by atoms with van der Waals surface area (Å²) in [7, 11) is 1.62. The number of hydrogen-bond acceptors (Lipinski definition) is 3. The number of hydrogen-bond donors (Lipinski definition) is 2. The molecule has 0 amide bonds. The molecule has 14 heavy (non-hydrogen) atoms. The Morgan fingerprint density at radius 1 is 1.57 bits per heavy atom. The van der Waals surface area contributed by atoms with E-state index in [-0.39, 0.29) is 5.92 Å². The van der Waals surface area contributed by atoms with Gasteiger partial charge in [0.05, 0.1) is 0 Å². The van der Waals surface area contributed by atoms with Gasteiger partial charge in [-0.15, -0.1) is 0 Å². The Morgan fingerprint density at radius 2 is 2.36 bits per heavy atom. The third kappa shape index (κ3) is 2.94. The van der Waals surface area contributed by atoms with Crippen molar-refractivity contribution in [3.05, 3.63) is 0 Å². The van der Waals surface area contributed by atoms with Gasteiger partial charge in [-0.2, -0.15) is 0 Å². The van der Waals surface area contributed by atoms with Gasteiger partial charge in [-0.05, 0) is 25.8 Å². The normalized spacial score (nSPS) is 27.2. The van der Waals surface area contributed by atoms with Crippen molar-refractivity contribution in [2.75, 3.05) is 20.2 Å². The van der Waals surface area contributed by atoms with Gasteiger partial charge in [0.2, 0.25) is 0 Å². The first-order chi connectivity index (χ1) is 6.73. The Balaban J connectivity index is 2.47. The van der Waals surface area contributed by atoms with Crippen LogP contribution in [0, 0.1) is 5.92 Å². The molecule has 0 radical (unpaired) electrons. The zero-order valence-electron chi connectivity index (χ0n) is 9.38. The lowest BCUT2D eigenvalue weighted by Gasteiger charge is -2.37. The Morgan fingerprint density at radius 3 is 2.86 bits per heavy atom. The van der Waals surface area contributed by atoms with E-state index in [2.05, 4.69) is 12.2 Å². The highest BCUT2D eigenvalue weighted by atomic mass is 16.6. The van der Waals surface area contributed by atoms with Crippen LogP contribution in [-0.2, 0) is 4.74 Å². The van der Waals surface area contributed by atoms with Gasteiger partial charge >= 0.3 is 0 Å². The molecule has 1 fully saturated rings. The monoisotopic (exact) mass is 201 g/mol. The number of unbranched alkanes of at least 4 members (excludes halogenated alkanes) is 1. The number of nitrogens with one attached hydrogen (secondary N) is 1. The molecule has 0 saturated carbocycles. The minimum Gasteiger partial charge on any atom is -0.365 e. The van der Waals surface area contributed by atoms with E-state index in [4.69, 9.17) is 4.74 Å². The highest BCUT2D eigenvalue weighted by Gasteiger charge is 2.36. The number of piperidine rings is 1. The van der Waals surface area contributed by atoms with Gasteiger partial charge < -0.3 is 15.2 Å². The molecule has 3 heteroatoms. The number of rotatable bonds is 5. The summed E-state index contributed by atoms with van der Waals surface area (Å²) in [6, 6.07) is 0. The van der Waals surface area contributed by atoms with E-state index < -0.39 is 5.79 Å². The fourth-order valence-corrected chi connectivity index (χ4v) is 2.14. The van der Waals surface area contributed by atoms with Crippen molar-refractivity contribution < 1.29 is 9.84 Å². The van der Waals surface area contributed by atoms with Crippen LogP contribution in [0.4, 0.5) is 0 Å². The van der Waals surface area contributed by atoms with Gasteiger partial charge in [-0.25, -0.2) is 0 Å². The second-order valence-electron chi connectivity index (χ2n) is 4.20. The number of ether oxygens (including phenoxy) is 1. The fraction of sp³-hybridized carbons (Fsp3) is 1.00. The minimum absolute atomic E-state index is 0.257. The second kappa shape index (κ2) is 5.69. The first kappa shape index (κ1) is 12.0. The maximum atomic E-state index is 10.3. The first-order valence-electron chi connectivity index (χ1n) is 5.71. The maximum Gasteiger partial charge on any atom is 0.169 e. The van der Waals surface area contributed by atoms with E-state index in [0.717, 1.165) is 45.2 Å². The predicted octanol–water partition coefficient (Wildman–Crippen LogP) is 1.51. The Labute approximate surface area is 86.8 Å². The quantitative estimate of drug-likeness (QED) is 0.663. The topological polar surface area (TPSA) is 41.5 Å². The molecule has 0 aromatic rings. The molecule has 1 rings (SSSR count). The van der Waals surface area contributed by atoms with E-state index >= 15 is 0 Å².